The van der Waals surface area contributed by atoms with E-state index in [-0.39, 0.29) is 11.4 Å². The highest BCUT2D eigenvalue weighted by atomic mass is 16.1. The number of fused-ring (bicyclic) bond motifs is 1. The molecule has 2 fully saturated rings. The van der Waals surface area contributed by atoms with E-state index in [0.717, 1.165) is 31.2 Å². The first-order valence-corrected chi connectivity index (χ1v) is 6.35. The molecule has 0 aromatic rings. The molecule has 2 unspecified atom stereocenters. The lowest BCUT2D eigenvalue weighted by molar-refractivity contribution is -0.125. The Hall–Kier alpha value is -0.570. The summed E-state index contributed by atoms with van der Waals surface area (Å²) in [6.45, 7) is 5.05. The van der Waals surface area contributed by atoms with Crippen LogP contribution in [0, 0.1) is 17.8 Å². The zero-order valence-electron chi connectivity index (χ0n) is 10.9. The molecule has 3 nitrogen and oxygen atoms in total. The van der Waals surface area contributed by atoms with Crippen molar-refractivity contribution in [1.29, 1.82) is 0 Å². The second-order valence-electron chi connectivity index (χ2n) is 6.35. The van der Waals surface area contributed by atoms with Gasteiger partial charge in [-0.25, -0.2) is 0 Å². The molecule has 2 aliphatic rings. The van der Waals surface area contributed by atoms with Crippen LogP contribution in [0.3, 0.4) is 0 Å². The van der Waals surface area contributed by atoms with Gasteiger partial charge in [0.05, 0.1) is 0 Å². The largest absolute Gasteiger partial charge is 0.354 e. The van der Waals surface area contributed by atoms with Gasteiger partial charge in [0.1, 0.15) is 0 Å². The summed E-state index contributed by atoms with van der Waals surface area (Å²) in [4.78, 5) is 14.1. The molecule has 3 heteroatoms. The normalized spacial score (nSPS) is 32.7. The Labute approximate surface area is 98.6 Å². The van der Waals surface area contributed by atoms with Crippen LogP contribution in [0.4, 0.5) is 0 Å². The molecule has 0 aliphatic heterocycles. The molecule has 0 spiro atoms. The van der Waals surface area contributed by atoms with Gasteiger partial charge >= 0.3 is 0 Å². The average Bonchev–Trinajstić information content (AvgIpc) is 2.82. The van der Waals surface area contributed by atoms with Gasteiger partial charge in [-0.2, -0.15) is 0 Å². The number of nitrogens with one attached hydrogen (secondary N) is 1. The zero-order valence-corrected chi connectivity index (χ0v) is 10.9. The predicted octanol–water partition coefficient (Wildman–Crippen LogP) is 1.49. The van der Waals surface area contributed by atoms with E-state index >= 15 is 0 Å². The third kappa shape index (κ3) is 2.40. The second-order valence-corrected chi connectivity index (χ2v) is 6.35. The minimum atomic E-state index is 0.0389. The lowest BCUT2D eigenvalue weighted by Gasteiger charge is -2.33. The number of amides is 1. The standard InChI is InChI=1S/C13H24N2O/c1-13(2,15(3)4)8-14-12(16)11-6-9-5-10(9)7-11/h9-11H,5-8H2,1-4H3,(H,14,16). The summed E-state index contributed by atoms with van der Waals surface area (Å²) in [5.41, 5.74) is 0.0389. The Kier molecular flexibility index (Phi) is 2.99. The van der Waals surface area contributed by atoms with Gasteiger partial charge < -0.3 is 10.2 Å². The first-order valence-electron chi connectivity index (χ1n) is 6.35. The van der Waals surface area contributed by atoms with E-state index < -0.39 is 0 Å². The Morgan fingerprint density at radius 3 is 2.31 bits per heavy atom. The van der Waals surface area contributed by atoms with E-state index in [2.05, 4.69) is 38.2 Å². The van der Waals surface area contributed by atoms with Crippen molar-refractivity contribution in [2.75, 3.05) is 20.6 Å². The van der Waals surface area contributed by atoms with Crippen molar-refractivity contribution in [3.8, 4) is 0 Å². The molecule has 0 aromatic heterocycles. The van der Waals surface area contributed by atoms with E-state index in [0.29, 0.717) is 5.92 Å². The van der Waals surface area contributed by atoms with Gasteiger partial charge in [-0.1, -0.05) is 0 Å². The molecule has 0 bridgehead atoms. The maximum absolute atomic E-state index is 12.0. The summed E-state index contributed by atoms with van der Waals surface area (Å²) < 4.78 is 0. The topological polar surface area (TPSA) is 32.3 Å². The highest BCUT2D eigenvalue weighted by molar-refractivity contribution is 5.79. The second kappa shape index (κ2) is 4.02. The molecule has 1 amide bonds. The summed E-state index contributed by atoms with van der Waals surface area (Å²) in [7, 11) is 4.10. The van der Waals surface area contributed by atoms with E-state index in [1.807, 2.05) is 0 Å². The van der Waals surface area contributed by atoms with Gasteiger partial charge in [0.25, 0.3) is 0 Å². The van der Waals surface area contributed by atoms with Crippen LogP contribution in [0.5, 0.6) is 0 Å². The maximum atomic E-state index is 12.0. The smallest absolute Gasteiger partial charge is 0.223 e. The van der Waals surface area contributed by atoms with Crippen molar-refractivity contribution in [2.45, 2.75) is 38.6 Å². The summed E-state index contributed by atoms with van der Waals surface area (Å²) in [6.07, 6.45) is 3.66. The lowest BCUT2D eigenvalue weighted by atomic mass is 10.0. The van der Waals surface area contributed by atoms with Crippen molar-refractivity contribution in [1.82, 2.24) is 10.2 Å². The van der Waals surface area contributed by atoms with Gasteiger partial charge in [-0.3, -0.25) is 4.79 Å². The molecule has 0 saturated heterocycles. The first-order chi connectivity index (χ1) is 7.40. The molecule has 0 aromatic carbocycles. The predicted molar refractivity (Wildman–Crippen MR) is 65.1 cm³/mol. The highest BCUT2D eigenvalue weighted by Gasteiger charge is 2.48. The Morgan fingerprint density at radius 1 is 1.25 bits per heavy atom. The molecule has 0 radical (unpaired) electrons. The molecule has 2 saturated carbocycles. The molecule has 92 valence electrons. The van der Waals surface area contributed by atoms with Crippen LogP contribution in [0.2, 0.25) is 0 Å². The van der Waals surface area contributed by atoms with Crippen molar-refractivity contribution in [3.05, 3.63) is 0 Å². The van der Waals surface area contributed by atoms with Gasteiger partial charge in [0, 0.05) is 18.0 Å². The molecule has 0 heterocycles. The van der Waals surface area contributed by atoms with E-state index in [9.17, 15) is 4.79 Å². The van der Waals surface area contributed by atoms with Crippen LogP contribution >= 0.6 is 0 Å². The summed E-state index contributed by atoms with van der Waals surface area (Å²) in [5, 5.41) is 3.11. The fraction of sp³-hybridized carbons (Fsp3) is 0.923. The number of hydrogen-bond acceptors (Lipinski definition) is 2. The number of rotatable bonds is 4. The number of likely N-dealkylation sites (N-methyl/N-ethyl adjacent to an activating group) is 1. The van der Waals surface area contributed by atoms with Crippen molar-refractivity contribution >= 4 is 5.91 Å². The van der Waals surface area contributed by atoms with Gasteiger partial charge in [0.2, 0.25) is 5.91 Å². The first kappa shape index (κ1) is 11.9. The minimum Gasteiger partial charge on any atom is -0.354 e. The molecule has 16 heavy (non-hydrogen) atoms. The van der Waals surface area contributed by atoms with Crippen LogP contribution in [0.25, 0.3) is 0 Å². The van der Waals surface area contributed by atoms with Crippen LogP contribution in [-0.4, -0.2) is 37.0 Å². The Bertz CT molecular complexity index is 276. The van der Waals surface area contributed by atoms with E-state index in [1.165, 1.54) is 6.42 Å². The van der Waals surface area contributed by atoms with Crippen molar-refractivity contribution < 1.29 is 4.79 Å². The summed E-state index contributed by atoms with van der Waals surface area (Å²) in [5.74, 6) is 2.36. The number of carbonyl (C=O) groups excluding carboxylic acids is 1. The summed E-state index contributed by atoms with van der Waals surface area (Å²) >= 11 is 0. The quantitative estimate of drug-likeness (QED) is 0.784. The van der Waals surface area contributed by atoms with Crippen LogP contribution < -0.4 is 5.32 Å². The lowest BCUT2D eigenvalue weighted by Crippen LogP contribution is -2.49. The minimum absolute atomic E-state index is 0.0389. The molecular formula is C13H24N2O. The third-order valence-electron chi connectivity index (χ3n) is 4.52. The molecular weight excluding hydrogens is 200 g/mol. The van der Waals surface area contributed by atoms with Gasteiger partial charge in [0.15, 0.2) is 0 Å². The fourth-order valence-corrected chi connectivity index (χ4v) is 2.53. The molecule has 2 rings (SSSR count). The fourth-order valence-electron chi connectivity index (χ4n) is 2.53. The molecule has 2 aliphatic carbocycles. The van der Waals surface area contributed by atoms with Crippen LogP contribution in [0.15, 0.2) is 0 Å². The van der Waals surface area contributed by atoms with E-state index in [4.69, 9.17) is 0 Å². The van der Waals surface area contributed by atoms with Crippen LogP contribution in [0.1, 0.15) is 33.1 Å². The summed E-state index contributed by atoms with van der Waals surface area (Å²) in [6, 6.07) is 0. The Morgan fingerprint density at radius 2 is 1.81 bits per heavy atom. The zero-order chi connectivity index (χ0) is 11.9. The number of nitrogens with zero attached hydrogens (tertiary/aromatic N) is 1. The highest BCUT2D eigenvalue weighted by Crippen LogP contribution is 2.54. The van der Waals surface area contributed by atoms with Gasteiger partial charge in [-0.05, 0) is 59.0 Å². The monoisotopic (exact) mass is 224 g/mol. The third-order valence-corrected chi connectivity index (χ3v) is 4.52. The molecule has 1 N–H and O–H groups in total. The Balaban J connectivity index is 1.75. The van der Waals surface area contributed by atoms with Crippen LogP contribution in [-0.2, 0) is 4.79 Å². The van der Waals surface area contributed by atoms with Crippen molar-refractivity contribution in [2.24, 2.45) is 17.8 Å². The average molecular weight is 224 g/mol. The number of carbonyl (C=O) groups is 1. The maximum Gasteiger partial charge on any atom is 0.223 e. The van der Waals surface area contributed by atoms with E-state index in [1.54, 1.807) is 0 Å². The number of hydrogen-bond donors (Lipinski definition) is 1. The molecule has 2 atom stereocenters. The van der Waals surface area contributed by atoms with Gasteiger partial charge in [-0.15, -0.1) is 0 Å². The van der Waals surface area contributed by atoms with Crippen molar-refractivity contribution in [3.63, 3.8) is 0 Å². The SMILES string of the molecule is CN(C)C(C)(C)CNC(=O)C1CC2CC2C1.